The highest BCUT2D eigenvalue weighted by atomic mass is 79.9. The minimum atomic E-state index is -3.69. The van der Waals surface area contributed by atoms with Crippen molar-refractivity contribution in [1.82, 2.24) is 0 Å². The van der Waals surface area contributed by atoms with Gasteiger partial charge in [0.1, 0.15) is 5.82 Å². The Morgan fingerprint density at radius 3 is 2.40 bits per heavy atom. The molecule has 0 aromatic heterocycles. The van der Waals surface area contributed by atoms with E-state index in [1.54, 1.807) is 32.0 Å². The molecule has 0 saturated carbocycles. The van der Waals surface area contributed by atoms with Gasteiger partial charge in [0.25, 0.3) is 10.0 Å². The first-order valence-electron chi connectivity index (χ1n) is 5.85. The van der Waals surface area contributed by atoms with Gasteiger partial charge in [0.05, 0.1) is 15.1 Å². The molecule has 106 valence electrons. The monoisotopic (exact) mass is 357 g/mol. The molecule has 0 heterocycles. The molecule has 0 fully saturated rings. The highest BCUT2D eigenvalue weighted by Gasteiger charge is 2.18. The Labute approximate surface area is 126 Å². The molecule has 20 heavy (non-hydrogen) atoms. The Balaban J connectivity index is 2.44. The zero-order valence-electron chi connectivity index (χ0n) is 10.9. The van der Waals surface area contributed by atoms with E-state index in [9.17, 15) is 12.8 Å². The van der Waals surface area contributed by atoms with Crippen LogP contribution >= 0.6 is 15.9 Å². The molecule has 3 nitrogen and oxygen atoms in total. The number of nitrogens with one attached hydrogen (secondary N) is 1. The summed E-state index contributed by atoms with van der Waals surface area (Å²) in [4.78, 5) is 0.208. The summed E-state index contributed by atoms with van der Waals surface area (Å²) in [5.74, 6) is -0.429. The molecule has 1 N–H and O–H groups in total. The summed E-state index contributed by atoms with van der Waals surface area (Å²) in [5.41, 5.74) is 1.52. The van der Waals surface area contributed by atoms with Crippen LogP contribution in [0.5, 0.6) is 0 Å². The average Bonchev–Trinajstić information content (AvgIpc) is 2.36. The van der Waals surface area contributed by atoms with Crippen molar-refractivity contribution in [3.05, 3.63) is 57.8 Å². The van der Waals surface area contributed by atoms with E-state index in [0.717, 1.165) is 0 Å². The lowest BCUT2D eigenvalue weighted by atomic mass is 10.2. The first-order chi connectivity index (χ1) is 9.31. The highest BCUT2D eigenvalue weighted by Crippen LogP contribution is 2.27. The lowest BCUT2D eigenvalue weighted by molar-refractivity contribution is 0.600. The fourth-order valence-electron chi connectivity index (χ4n) is 1.81. The SMILES string of the molecule is Cc1cc(F)c(Br)cc1NS(=O)(=O)c1ccccc1C. The second-order valence-corrected chi connectivity index (χ2v) is 6.96. The fraction of sp³-hybridized carbons (Fsp3) is 0.143. The number of sulfonamides is 1. The second-order valence-electron chi connectivity index (χ2n) is 4.45. The van der Waals surface area contributed by atoms with Gasteiger partial charge in [-0.15, -0.1) is 0 Å². The van der Waals surface area contributed by atoms with Crippen LogP contribution in [0.15, 0.2) is 45.8 Å². The van der Waals surface area contributed by atoms with Crippen molar-refractivity contribution in [1.29, 1.82) is 0 Å². The number of halogens is 2. The van der Waals surface area contributed by atoms with Crippen LogP contribution in [0.25, 0.3) is 0 Å². The van der Waals surface area contributed by atoms with E-state index in [1.807, 2.05) is 0 Å². The summed E-state index contributed by atoms with van der Waals surface area (Å²) in [5, 5.41) is 0. The highest BCUT2D eigenvalue weighted by molar-refractivity contribution is 9.10. The Morgan fingerprint density at radius 1 is 1.10 bits per heavy atom. The molecule has 2 aromatic rings. The van der Waals surface area contributed by atoms with E-state index >= 15 is 0 Å². The summed E-state index contributed by atoms with van der Waals surface area (Å²) >= 11 is 3.05. The zero-order chi connectivity index (χ0) is 14.9. The van der Waals surface area contributed by atoms with Gasteiger partial charge >= 0.3 is 0 Å². The molecule has 0 amide bonds. The zero-order valence-corrected chi connectivity index (χ0v) is 13.3. The van der Waals surface area contributed by atoms with E-state index < -0.39 is 15.8 Å². The first kappa shape index (κ1) is 15.0. The predicted molar refractivity (Wildman–Crippen MR) is 80.8 cm³/mol. The Bertz CT molecular complexity index is 760. The van der Waals surface area contributed by atoms with E-state index in [2.05, 4.69) is 20.7 Å². The van der Waals surface area contributed by atoms with Gasteiger partial charge in [0.15, 0.2) is 0 Å². The summed E-state index contributed by atoms with van der Waals surface area (Å²) in [6, 6.07) is 9.39. The van der Waals surface area contributed by atoms with Crippen LogP contribution in [0.4, 0.5) is 10.1 Å². The lowest BCUT2D eigenvalue weighted by Gasteiger charge is -2.13. The maximum absolute atomic E-state index is 13.4. The third-order valence-electron chi connectivity index (χ3n) is 2.89. The van der Waals surface area contributed by atoms with Crippen molar-refractivity contribution >= 4 is 31.6 Å². The fourth-order valence-corrected chi connectivity index (χ4v) is 3.53. The molecule has 0 bridgehead atoms. The average molecular weight is 358 g/mol. The number of rotatable bonds is 3. The molecular weight excluding hydrogens is 345 g/mol. The van der Waals surface area contributed by atoms with Gasteiger partial charge in [-0.25, -0.2) is 12.8 Å². The number of anilines is 1. The van der Waals surface area contributed by atoms with E-state index in [-0.39, 0.29) is 9.37 Å². The molecule has 0 saturated heterocycles. The van der Waals surface area contributed by atoms with E-state index in [0.29, 0.717) is 16.8 Å². The van der Waals surface area contributed by atoms with Gasteiger partial charge in [-0.05, 0) is 59.1 Å². The number of benzene rings is 2. The first-order valence-corrected chi connectivity index (χ1v) is 8.13. The Hall–Kier alpha value is -1.40. The van der Waals surface area contributed by atoms with Crippen LogP contribution in [0.2, 0.25) is 0 Å². The quantitative estimate of drug-likeness (QED) is 0.901. The van der Waals surface area contributed by atoms with E-state index in [1.165, 1.54) is 18.2 Å². The minimum Gasteiger partial charge on any atom is -0.279 e. The molecule has 0 radical (unpaired) electrons. The maximum Gasteiger partial charge on any atom is 0.262 e. The van der Waals surface area contributed by atoms with Crippen LogP contribution in [-0.2, 0) is 10.0 Å². The van der Waals surface area contributed by atoms with E-state index in [4.69, 9.17) is 0 Å². The van der Waals surface area contributed by atoms with Gasteiger partial charge in [0.2, 0.25) is 0 Å². The lowest BCUT2D eigenvalue weighted by Crippen LogP contribution is -2.15. The summed E-state index contributed by atoms with van der Waals surface area (Å²) < 4.78 is 40.8. The van der Waals surface area contributed by atoms with Gasteiger partial charge in [-0.2, -0.15) is 0 Å². The molecule has 2 aromatic carbocycles. The normalized spacial score (nSPS) is 11.4. The van der Waals surface area contributed by atoms with Crippen LogP contribution in [0.1, 0.15) is 11.1 Å². The summed E-state index contributed by atoms with van der Waals surface area (Å²) in [6.45, 7) is 3.37. The molecule has 0 spiro atoms. The molecular formula is C14H13BrFNO2S. The third-order valence-corrected chi connectivity index (χ3v) is 5.03. The van der Waals surface area contributed by atoms with Crippen molar-refractivity contribution in [3.63, 3.8) is 0 Å². The molecule has 0 aliphatic carbocycles. The minimum absolute atomic E-state index is 0.208. The molecule has 0 atom stereocenters. The van der Waals surface area contributed by atoms with Crippen molar-refractivity contribution in [3.8, 4) is 0 Å². The van der Waals surface area contributed by atoms with Gasteiger partial charge in [0, 0.05) is 0 Å². The Morgan fingerprint density at radius 2 is 1.75 bits per heavy atom. The standard InChI is InChI=1S/C14H13BrFNO2S/c1-9-5-3-4-6-14(9)20(18,19)17-13-8-11(15)12(16)7-10(13)2/h3-8,17H,1-2H3. The van der Waals surface area contributed by atoms with Gasteiger partial charge in [-0.1, -0.05) is 18.2 Å². The second kappa shape index (κ2) is 5.54. The molecule has 0 aliphatic rings. The number of aryl methyl sites for hydroxylation is 2. The molecule has 0 aliphatic heterocycles. The summed E-state index contributed by atoms with van der Waals surface area (Å²) in [7, 11) is -3.69. The Kier molecular flexibility index (Phi) is 4.15. The molecule has 2 rings (SSSR count). The topological polar surface area (TPSA) is 46.2 Å². The van der Waals surface area contributed by atoms with Crippen molar-refractivity contribution < 1.29 is 12.8 Å². The third kappa shape index (κ3) is 3.02. The molecule has 0 unspecified atom stereocenters. The van der Waals surface area contributed by atoms with Crippen LogP contribution in [0.3, 0.4) is 0 Å². The number of hydrogen-bond donors (Lipinski definition) is 1. The molecule has 6 heteroatoms. The van der Waals surface area contributed by atoms with Crippen LogP contribution < -0.4 is 4.72 Å². The smallest absolute Gasteiger partial charge is 0.262 e. The van der Waals surface area contributed by atoms with Gasteiger partial charge < -0.3 is 0 Å². The number of hydrogen-bond acceptors (Lipinski definition) is 2. The predicted octanol–water partition coefficient (Wildman–Crippen LogP) is 4.01. The van der Waals surface area contributed by atoms with Crippen molar-refractivity contribution in [2.75, 3.05) is 4.72 Å². The van der Waals surface area contributed by atoms with Gasteiger partial charge in [-0.3, -0.25) is 4.72 Å². The van der Waals surface area contributed by atoms with Crippen molar-refractivity contribution in [2.45, 2.75) is 18.7 Å². The summed E-state index contributed by atoms with van der Waals surface area (Å²) in [6.07, 6.45) is 0. The van der Waals surface area contributed by atoms with Crippen molar-refractivity contribution in [2.24, 2.45) is 0 Å². The largest absolute Gasteiger partial charge is 0.279 e. The van der Waals surface area contributed by atoms with Crippen LogP contribution in [0, 0.1) is 19.7 Å². The maximum atomic E-state index is 13.4. The van der Waals surface area contributed by atoms with Crippen LogP contribution in [-0.4, -0.2) is 8.42 Å².